The van der Waals surface area contributed by atoms with E-state index in [9.17, 15) is 9.59 Å². The zero-order valence-electron chi connectivity index (χ0n) is 12.5. The summed E-state index contributed by atoms with van der Waals surface area (Å²) in [4.78, 5) is 25.6. The minimum absolute atomic E-state index is 0.00726. The van der Waals surface area contributed by atoms with Gasteiger partial charge in [0.15, 0.2) is 0 Å². The molecule has 1 aliphatic heterocycles. The van der Waals surface area contributed by atoms with Crippen LogP contribution in [-0.4, -0.2) is 36.5 Å². The molecule has 1 saturated heterocycles. The van der Waals surface area contributed by atoms with Crippen molar-refractivity contribution in [1.82, 2.24) is 10.2 Å². The van der Waals surface area contributed by atoms with E-state index in [1.54, 1.807) is 0 Å². The van der Waals surface area contributed by atoms with E-state index in [0.29, 0.717) is 0 Å². The molecular weight excluding hydrogens is 266 g/mol. The number of likely N-dealkylation sites (tertiary alicyclic amines) is 1. The minimum atomic E-state index is -0.339. The maximum atomic E-state index is 11.9. The molecule has 5 heteroatoms. The van der Waals surface area contributed by atoms with Gasteiger partial charge in [-0.1, -0.05) is 19.1 Å². The quantitative estimate of drug-likeness (QED) is 0.894. The molecule has 2 N–H and O–H groups in total. The van der Waals surface area contributed by atoms with Crippen LogP contribution in [0.25, 0.3) is 0 Å². The van der Waals surface area contributed by atoms with Crippen LogP contribution in [0.5, 0.6) is 0 Å². The molecule has 0 unspecified atom stereocenters. The average molecular weight is 289 g/mol. The minimum Gasteiger partial charge on any atom is -0.341 e. The molecule has 0 aromatic heterocycles. The number of amides is 3. The maximum absolute atomic E-state index is 11.9. The van der Waals surface area contributed by atoms with E-state index in [-0.39, 0.29) is 18.5 Å². The molecule has 1 aliphatic rings. The van der Waals surface area contributed by atoms with Crippen LogP contribution < -0.4 is 10.6 Å². The lowest BCUT2D eigenvalue weighted by Crippen LogP contribution is -2.43. The van der Waals surface area contributed by atoms with Crippen molar-refractivity contribution in [2.75, 3.05) is 25.0 Å². The van der Waals surface area contributed by atoms with Gasteiger partial charge in [0.25, 0.3) is 0 Å². The molecule has 1 aromatic carbocycles. The molecule has 0 spiro atoms. The molecule has 21 heavy (non-hydrogen) atoms. The maximum Gasteiger partial charge on any atom is 0.319 e. The topological polar surface area (TPSA) is 61.4 Å². The molecular formula is C16H23N3O2. The Balaban J connectivity index is 1.77. The van der Waals surface area contributed by atoms with Crippen LogP contribution in [0.1, 0.15) is 31.7 Å². The second-order valence-electron chi connectivity index (χ2n) is 5.30. The Morgan fingerprint density at radius 3 is 2.67 bits per heavy atom. The summed E-state index contributed by atoms with van der Waals surface area (Å²) in [6.07, 6.45) is 4.22. The molecule has 0 radical (unpaired) electrons. The largest absolute Gasteiger partial charge is 0.341 e. The van der Waals surface area contributed by atoms with Crippen LogP contribution in [0.3, 0.4) is 0 Å². The van der Waals surface area contributed by atoms with Gasteiger partial charge in [-0.3, -0.25) is 4.79 Å². The number of urea groups is 1. The normalized spacial score (nSPS) is 14.6. The summed E-state index contributed by atoms with van der Waals surface area (Å²) in [6, 6.07) is 7.36. The number of aryl methyl sites for hydroxylation is 1. The molecule has 114 valence electrons. The van der Waals surface area contributed by atoms with Gasteiger partial charge >= 0.3 is 6.03 Å². The zero-order chi connectivity index (χ0) is 15.1. The van der Waals surface area contributed by atoms with E-state index in [2.05, 4.69) is 17.6 Å². The SMILES string of the molecule is CCc1cccc(NC(=O)NCC(=O)N2CCCCC2)c1. The van der Waals surface area contributed by atoms with E-state index in [1.807, 2.05) is 29.2 Å². The Kier molecular flexibility index (Phi) is 5.60. The number of rotatable bonds is 4. The van der Waals surface area contributed by atoms with Crippen molar-refractivity contribution in [3.8, 4) is 0 Å². The van der Waals surface area contributed by atoms with Crippen molar-refractivity contribution in [3.05, 3.63) is 29.8 Å². The average Bonchev–Trinajstić information content (AvgIpc) is 2.53. The fourth-order valence-electron chi connectivity index (χ4n) is 2.46. The van der Waals surface area contributed by atoms with Gasteiger partial charge in [-0.05, 0) is 43.4 Å². The number of anilines is 1. The van der Waals surface area contributed by atoms with E-state index in [4.69, 9.17) is 0 Å². The van der Waals surface area contributed by atoms with E-state index < -0.39 is 0 Å². The number of hydrogen-bond donors (Lipinski definition) is 2. The Labute approximate surface area is 125 Å². The van der Waals surface area contributed by atoms with Crippen molar-refractivity contribution in [3.63, 3.8) is 0 Å². The van der Waals surface area contributed by atoms with Gasteiger partial charge in [0.2, 0.25) is 5.91 Å². The fraction of sp³-hybridized carbons (Fsp3) is 0.500. The van der Waals surface area contributed by atoms with Crippen molar-refractivity contribution in [2.24, 2.45) is 0 Å². The van der Waals surface area contributed by atoms with Crippen LogP contribution in [0, 0.1) is 0 Å². The third kappa shape index (κ3) is 4.77. The van der Waals surface area contributed by atoms with Gasteiger partial charge in [-0.25, -0.2) is 4.79 Å². The predicted octanol–water partition coefficient (Wildman–Crippen LogP) is 2.38. The molecule has 3 amide bonds. The second kappa shape index (κ2) is 7.67. The summed E-state index contributed by atoms with van der Waals surface area (Å²) in [5.41, 5.74) is 1.91. The molecule has 1 fully saturated rings. The molecule has 0 atom stereocenters. The van der Waals surface area contributed by atoms with Gasteiger partial charge < -0.3 is 15.5 Å². The highest BCUT2D eigenvalue weighted by molar-refractivity contribution is 5.92. The Morgan fingerprint density at radius 1 is 1.19 bits per heavy atom. The van der Waals surface area contributed by atoms with E-state index in [1.165, 1.54) is 6.42 Å². The van der Waals surface area contributed by atoms with Crippen LogP contribution in [0.2, 0.25) is 0 Å². The number of carbonyl (C=O) groups is 2. The standard InChI is InChI=1S/C16H23N3O2/c1-2-13-7-6-8-14(11-13)18-16(21)17-12-15(20)19-9-4-3-5-10-19/h6-8,11H,2-5,9-10,12H2,1H3,(H2,17,18,21). The highest BCUT2D eigenvalue weighted by atomic mass is 16.2. The lowest BCUT2D eigenvalue weighted by atomic mass is 10.1. The number of hydrogen-bond acceptors (Lipinski definition) is 2. The third-order valence-corrected chi connectivity index (χ3v) is 3.70. The van der Waals surface area contributed by atoms with Crippen molar-refractivity contribution >= 4 is 17.6 Å². The molecule has 1 aromatic rings. The molecule has 1 heterocycles. The first kappa shape index (κ1) is 15.4. The molecule has 0 saturated carbocycles. The summed E-state index contributed by atoms with van der Waals surface area (Å²) < 4.78 is 0. The Bertz CT molecular complexity index is 496. The highest BCUT2D eigenvalue weighted by Gasteiger charge is 2.16. The zero-order valence-corrected chi connectivity index (χ0v) is 12.5. The summed E-state index contributed by atoms with van der Waals surface area (Å²) in [6.45, 7) is 3.73. The Hall–Kier alpha value is -2.04. The second-order valence-corrected chi connectivity index (χ2v) is 5.30. The van der Waals surface area contributed by atoms with Crippen LogP contribution >= 0.6 is 0 Å². The summed E-state index contributed by atoms with van der Waals surface area (Å²) >= 11 is 0. The predicted molar refractivity (Wildman–Crippen MR) is 83.3 cm³/mol. The summed E-state index contributed by atoms with van der Waals surface area (Å²) in [5, 5.41) is 5.38. The number of nitrogens with zero attached hydrogens (tertiary/aromatic N) is 1. The van der Waals surface area contributed by atoms with Crippen molar-refractivity contribution in [2.45, 2.75) is 32.6 Å². The van der Waals surface area contributed by atoms with Crippen LogP contribution in [0.4, 0.5) is 10.5 Å². The molecule has 5 nitrogen and oxygen atoms in total. The molecule has 2 rings (SSSR count). The number of nitrogens with one attached hydrogen (secondary N) is 2. The van der Waals surface area contributed by atoms with Gasteiger partial charge in [0.05, 0.1) is 6.54 Å². The van der Waals surface area contributed by atoms with Crippen molar-refractivity contribution in [1.29, 1.82) is 0 Å². The first-order chi connectivity index (χ1) is 10.2. The van der Waals surface area contributed by atoms with Crippen LogP contribution in [0.15, 0.2) is 24.3 Å². The Morgan fingerprint density at radius 2 is 1.95 bits per heavy atom. The van der Waals surface area contributed by atoms with Gasteiger partial charge in [0, 0.05) is 18.8 Å². The lowest BCUT2D eigenvalue weighted by Gasteiger charge is -2.26. The fourth-order valence-corrected chi connectivity index (χ4v) is 2.46. The number of benzene rings is 1. The number of piperidine rings is 1. The van der Waals surface area contributed by atoms with Crippen LogP contribution in [-0.2, 0) is 11.2 Å². The van der Waals surface area contributed by atoms with E-state index >= 15 is 0 Å². The van der Waals surface area contributed by atoms with Crippen molar-refractivity contribution < 1.29 is 9.59 Å². The van der Waals surface area contributed by atoms with Gasteiger partial charge in [-0.2, -0.15) is 0 Å². The molecule has 0 aliphatic carbocycles. The third-order valence-electron chi connectivity index (χ3n) is 3.70. The smallest absolute Gasteiger partial charge is 0.319 e. The molecule has 0 bridgehead atoms. The first-order valence-electron chi connectivity index (χ1n) is 7.60. The summed E-state index contributed by atoms with van der Waals surface area (Å²) in [7, 11) is 0. The number of carbonyl (C=O) groups excluding carboxylic acids is 2. The lowest BCUT2D eigenvalue weighted by molar-refractivity contribution is -0.130. The summed E-state index contributed by atoms with van der Waals surface area (Å²) in [5.74, 6) is -0.00726. The highest BCUT2D eigenvalue weighted by Crippen LogP contribution is 2.11. The first-order valence-corrected chi connectivity index (χ1v) is 7.60. The monoisotopic (exact) mass is 289 g/mol. The van der Waals surface area contributed by atoms with E-state index in [0.717, 1.165) is 43.6 Å². The van der Waals surface area contributed by atoms with Gasteiger partial charge in [0.1, 0.15) is 0 Å². The van der Waals surface area contributed by atoms with Gasteiger partial charge in [-0.15, -0.1) is 0 Å².